The van der Waals surface area contributed by atoms with Gasteiger partial charge in [-0.15, -0.1) is 11.3 Å². The molecule has 0 unspecified atom stereocenters. The predicted octanol–water partition coefficient (Wildman–Crippen LogP) is 2.78. The summed E-state index contributed by atoms with van der Waals surface area (Å²) in [5.74, 6) is 0.765. The van der Waals surface area contributed by atoms with Gasteiger partial charge in [-0.2, -0.15) is 5.10 Å². The van der Waals surface area contributed by atoms with E-state index in [9.17, 15) is 4.79 Å². The second kappa shape index (κ2) is 7.90. The molecule has 2 aromatic rings. The molecule has 1 atom stereocenters. The Bertz CT molecular complexity index is 646. The number of likely N-dealkylation sites (tertiary alicyclic amines) is 1. The van der Waals surface area contributed by atoms with Crippen molar-refractivity contribution < 1.29 is 4.79 Å². The smallest absolute Gasteiger partial charge is 0.243 e. The molecule has 2 aromatic heterocycles. The summed E-state index contributed by atoms with van der Waals surface area (Å²) in [6.07, 6.45) is 7.30. The summed E-state index contributed by atoms with van der Waals surface area (Å²) in [4.78, 5) is 19.0. The standard InChI is InChI=1S/C17H25N5OS/c1-13-12-24-17(19-13)20-16(23)14(2)21-9-4-15(5-10-21)6-11-22-8-3-7-18-22/h3,7-8,12,14-15H,4-6,9-11H2,1-2H3,(H,19,20,23)/t14-/m0/s1. The summed E-state index contributed by atoms with van der Waals surface area (Å²) in [6, 6.07) is 1.86. The molecule has 1 aliphatic heterocycles. The molecule has 24 heavy (non-hydrogen) atoms. The Kier molecular flexibility index (Phi) is 5.63. The number of carbonyl (C=O) groups excluding carboxylic acids is 1. The van der Waals surface area contributed by atoms with Crippen molar-refractivity contribution in [2.45, 2.75) is 45.7 Å². The molecule has 0 saturated carbocycles. The number of piperidine rings is 1. The normalized spacial score (nSPS) is 17.8. The molecular formula is C17H25N5OS. The van der Waals surface area contributed by atoms with Crippen molar-refractivity contribution in [1.29, 1.82) is 0 Å². The van der Waals surface area contributed by atoms with E-state index in [2.05, 4.69) is 20.3 Å². The highest BCUT2D eigenvalue weighted by Gasteiger charge is 2.26. The second-order valence-electron chi connectivity index (χ2n) is 6.50. The van der Waals surface area contributed by atoms with Crippen LogP contribution in [0.15, 0.2) is 23.8 Å². The van der Waals surface area contributed by atoms with Crippen molar-refractivity contribution in [1.82, 2.24) is 19.7 Å². The summed E-state index contributed by atoms with van der Waals surface area (Å²) < 4.78 is 2.00. The summed E-state index contributed by atoms with van der Waals surface area (Å²) in [6.45, 7) is 6.87. The molecule has 1 aliphatic rings. The van der Waals surface area contributed by atoms with Gasteiger partial charge in [0.1, 0.15) is 0 Å². The van der Waals surface area contributed by atoms with E-state index < -0.39 is 0 Å². The van der Waals surface area contributed by atoms with Crippen LogP contribution in [-0.4, -0.2) is 44.7 Å². The van der Waals surface area contributed by atoms with E-state index in [0.29, 0.717) is 5.13 Å². The van der Waals surface area contributed by atoms with Crippen LogP contribution in [0.2, 0.25) is 0 Å². The molecule has 1 amide bonds. The van der Waals surface area contributed by atoms with Crippen LogP contribution in [0.3, 0.4) is 0 Å². The molecule has 0 radical (unpaired) electrons. The SMILES string of the molecule is Cc1csc(NC(=O)[C@H](C)N2CCC(CCn3cccn3)CC2)n1. The maximum Gasteiger partial charge on any atom is 0.243 e. The molecule has 1 N–H and O–H groups in total. The van der Waals surface area contributed by atoms with Gasteiger partial charge in [0.15, 0.2) is 5.13 Å². The highest BCUT2D eigenvalue weighted by Crippen LogP contribution is 2.23. The number of thiazole rings is 1. The minimum Gasteiger partial charge on any atom is -0.301 e. The molecule has 0 aromatic carbocycles. The molecule has 130 valence electrons. The molecule has 1 saturated heterocycles. The highest BCUT2D eigenvalue weighted by molar-refractivity contribution is 7.13. The molecule has 0 aliphatic carbocycles. The van der Waals surface area contributed by atoms with Gasteiger partial charge in [0.05, 0.1) is 11.7 Å². The van der Waals surface area contributed by atoms with E-state index in [-0.39, 0.29) is 11.9 Å². The number of nitrogens with zero attached hydrogens (tertiary/aromatic N) is 4. The third-order valence-electron chi connectivity index (χ3n) is 4.75. The van der Waals surface area contributed by atoms with Gasteiger partial charge in [0, 0.05) is 24.3 Å². The maximum atomic E-state index is 12.4. The summed E-state index contributed by atoms with van der Waals surface area (Å²) in [5.41, 5.74) is 0.945. The number of aryl methyl sites for hydroxylation is 2. The number of aromatic nitrogens is 3. The van der Waals surface area contributed by atoms with E-state index in [1.807, 2.05) is 42.4 Å². The average molecular weight is 347 g/mol. The molecule has 0 bridgehead atoms. The van der Waals surface area contributed by atoms with E-state index >= 15 is 0 Å². The van der Waals surface area contributed by atoms with Crippen molar-refractivity contribution in [3.63, 3.8) is 0 Å². The van der Waals surface area contributed by atoms with Gasteiger partial charge < -0.3 is 5.32 Å². The zero-order valence-corrected chi connectivity index (χ0v) is 15.1. The number of rotatable bonds is 6. The van der Waals surface area contributed by atoms with Crippen LogP contribution in [0.4, 0.5) is 5.13 Å². The third kappa shape index (κ3) is 4.42. The molecule has 6 nitrogen and oxygen atoms in total. The quantitative estimate of drug-likeness (QED) is 0.873. The maximum absolute atomic E-state index is 12.4. The Morgan fingerprint density at radius 1 is 1.46 bits per heavy atom. The Morgan fingerprint density at radius 2 is 2.25 bits per heavy atom. The summed E-state index contributed by atoms with van der Waals surface area (Å²) >= 11 is 1.48. The van der Waals surface area contributed by atoms with Crippen LogP contribution in [0.1, 0.15) is 31.9 Å². The minimum atomic E-state index is -0.110. The lowest BCUT2D eigenvalue weighted by Crippen LogP contribution is -2.46. The van der Waals surface area contributed by atoms with Crippen molar-refractivity contribution in [3.8, 4) is 0 Å². The molecule has 7 heteroatoms. The Balaban J connectivity index is 1.42. The Hall–Kier alpha value is -1.73. The Labute approximate surface area is 146 Å². The molecule has 3 rings (SSSR count). The first-order valence-corrected chi connectivity index (χ1v) is 9.44. The first-order chi connectivity index (χ1) is 11.6. The first-order valence-electron chi connectivity index (χ1n) is 8.56. The fraction of sp³-hybridized carbons (Fsp3) is 0.588. The highest BCUT2D eigenvalue weighted by atomic mass is 32.1. The number of amides is 1. The van der Waals surface area contributed by atoms with E-state index in [4.69, 9.17) is 0 Å². The van der Waals surface area contributed by atoms with E-state index in [0.717, 1.165) is 50.5 Å². The van der Waals surface area contributed by atoms with E-state index in [1.165, 1.54) is 11.3 Å². The molecule has 1 fully saturated rings. The van der Waals surface area contributed by atoms with Crippen molar-refractivity contribution in [2.75, 3.05) is 18.4 Å². The molecule has 3 heterocycles. The summed E-state index contributed by atoms with van der Waals surface area (Å²) in [5, 5.41) is 9.83. The second-order valence-corrected chi connectivity index (χ2v) is 7.35. The fourth-order valence-electron chi connectivity index (χ4n) is 3.16. The van der Waals surface area contributed by atoms with Gasteiger partial charge >= 0.3 is 0 Å². The zero-order chi connectivity index (χ0) is 16.9. The number of hydrogen-bond donors (Lipinski definition) is 1. The van der Waals surface area contributed by atoms with Crippen LogP contribution in [0.5, 0.6) is 0 Å². The Morgan fingerprint density at radius 3 is 2.88 bits per heavy atom. The first kappa shape index (κ1) is 17.1. The van der Waals surface area contributed by atoms with Gasteiger partial charge in [0.2, 0.25) is 5.91 Å². The lowest BCUT2D eigenvalue weighted by atomic mass is 9.93. The lowest BCUT2D eigenvalue weighted by Gasteiger charge is -2.35. The number of hydrogen-bond acceptors (Lipinski definition) is 5. The topological polar surface area (TPSA) is 63.1 Å². The van der Waals surface area contributed by atoms with Crippen molar-refractivity contribution in [3.05, 3.63) is 29.5 Å². The minimum absolute atomic E-state index is 0.0411. The number of carbonyl (C=O) groups is 1. The van der Waals surface area contributed by atoms with Gasteiger partial charge in [-0.25, -0.2) is 4.98 Å². The summed E-state index contributed by atoms with van der Waals surface area (Å²) in [7, 11) is 0. The van der Waals surface area contributed by atoms with Crippen molar-refractivity contribution in [2.24, 2.45) is 5.92 Å². The largest absolute Gasteiger partial charge is 0.301 e. The van der Waals surface area contributed by atoms with Crippen LogP contribution in [0, 0.1) is 12.8 Å². The lowest BCUT2D eigenvalue weighted by molar-refractivity contribution is -0.121. The van der Waals surface area contributed by atoms with Crippen LogP contribution < -0.4 is 5.32 Å². The number of anilines is 1. The van der Waals surface area contributed by atoms with Gasteiger partial charge in [-0.1, -0.05) is 0 Å². The molecular weight excluding hydrogens is 322 g/mol. The molecule has 0 spiro atoms. The van der Waals surface area contributed by atoms with Crippen LogP contribution >= 0.6 is 11.3 Å². The van der Waals surface area contributed by atoms with Gasteiger partial charge in [-0.05, 0) is 58.2 Å². The third-order valence-corrected chi connectivity index (χ3v) is 5.63. The predicted molar refractivity (Wildman–Crippen MR) is 96.1 cm³/mol. The monoisotopic (exact) mass is 347 g/mol. The van der Waals surface area contributed by atoms with Gasteiger partial charge in [-0.3, -0.25) is 14.4 Å². The average Bonchev–Trinajstić information content (AvgIpc) is 3.24. The number of nitrogens with one attached hydrogen (secondary N) is 1. The van der Waals surface area contributed by atoms with Gasteiger partial charge in [0.25, 0.3) is 0 Å². The van der Waals surface area contributed by atoms with Crippen LogP contribution in [-0.2, 0) is 11.3 Å². The zero-order valence-electron chi connectivity index (χ0n) is 14.3. The van der Waals surface area contributed by atoms with Crippen LogP contribution in [0.25, 0.3) is 0 Å². The fourth-order valence-corrected chi connectivity index (χ4v) is 3.85. The van der Waals surface area contributed by atoms with Crippen molar-refractivity contribution >= 4 is 22.4 Å². The van der Waals surface area contributed by atoms with E-state index in [1.54, 1.807) is 0 Å².